The zero-order valence-corrected chi connectivity index (χ0v) is 18.4. The molecular weight excluding hydrogens is 400 g/mol. The van der Waals surface area contributed by atoms with Gasteiger partial charge in [-0.25, -0.2) is 4.98 Å². The van der Waals surface area contributed by atoms with Gasteiger partial charge in [-0.1, -0.05) is 30.3 Å². The Bertz CT molecular complexity index is 1030. The van der Waals surface area contributed by atoms with Gasteiger partial charge >= 0.3 is 0 Å². The van der Waals surface area contributed by atoms with Crippen LogP contribution in [0.25, 0.3) is 11.2 Å². The van der Waals surface area contributed by atoms with Gasteiger partial charge in [-0.15, -0.1) is 11.6 Å². The van der Waals surface area contributed by atoms with Gasteiger partial charge in [0.15, 0.2) is 5.65 Å². The average molecular weight is 427 g/mol. The molecule has 4 rings (SSSR count). The lowest BCUT2D eigenvalue weighted by Crippen LogP contribution is -2.58. The Morgan fingerprint density at radius 3 is 2.60 bits per heavy atom. The lowest BCUT2D eigenvalue weighted by molar-refractivity contribution is -0.117. The van der Waals surface area contributed by atoms with E-state index in [1.54, 1.807) is 18.1 Å². The van der Waals surface area contributed by atoms with Crippen molar-refractivity contribution >= 4 is 40.3 Å². The van der Waals surface area contributed by atoms with Crippen molar-refractivity contribution in [3.05, 3.63) is 48.2 Å². The Labute approximate surface area is 181 Å². The number of likely N-dealkylation sites (N-methyl/N-ethyl adjacent to an activating group) is 1. The number of fused-ring (bicyclic) bond motifs is 1. The molecule has 0 spiro atoms. The van der Waals surface area contributed by atoms with E-state index < -0.39 is 0 Å². The Morgan fingerprint density at radius 1 is 1.20 bits per heavy atom. The molecule has 0 radical (unpaired) electrons. The topological polar surface area (TPSA) is 57.5 Å². The van der Waals surface area contributed by atoms with Gasteiger partial charge in [-0.2, -0.15) is 4.98 Å². The summed E-state index contributed by atoms with van der Waals surface area (Å²) >= 11 is 5.75. The third kappa shape index (κ3) is 4.00. The Balaban J connectivity index is 1.73. The molecule has 158 valence electrons. The minimum absolute atomic E-state index is 0.0305. The number of pyridine rings is 1. The van der Waals surface area contributed by atoms with Crippen molar-refractivity contribution < 1.29 is 4.79 Å². The van der Waals surface area contributed by atoms with E-state index in [0.717, 1.165) is 30.2 Å². The molecule has 7 nitrogen and oxygen atoms in total. The second kappa shape index (κ2) is 8.62. The van der Waals surface area contributed by atoms with E-state index in [1.807, 2.05) is 24.3 Å². The normalized spacial score (nSPS) is 14.4. The van der Waals surface area contributed by atoms with Gasteiger partial charge in [0.2, 0.25) is 11.9 Å². The van der Waals surface area contributed by atoms with E-state index in [1.165, 1.54) is 5.56 Å². The van der Waals surface area contributed by atoms with Crippen LogP contribution in [0.5, 0.6) is 0 Å². The second-order valence-electron chi connectivity index (χ2n) is 7.93. The van der Waals surface area contributed by atoms with Crippen molar-refractivity contribution in [2.45, 2.75) is 19.0 Å². The number of rotatable bonds is 7. The maximum atomic E-state index is 12.3. The van der Waals surface area contributed by atoms with E-state index in [4.69, 9.17) is 16.6 Å². The fourth-order valence-corrected chi connectivity index (χ4v) is 3.83. The smallest absolute Gasteiger partial charge is 0.227 e. The monoisotopic (exact) mass is 426 g/mol. The number of hydrogen-bond donors (Lipinski definition) is 0. The number of anilines is 2. The maximum absolute atomic E-state index is 12.3. The number of nitrogens with zero attached hydrogens (tertiary/aromatic N) is 6. The molecular formula is C22H27ClN6O. The summed E-state index contributed by atoms with van der Waals surface area (Å²) in [6.07, 6.45) is 2.00. The van der Waals surface area contributed by atoms with Crippen molar-refractivity contribution in [3.63, 3.8) is 0 Å². The van der Waals surface area contributed by atoms with Gasteiger partial charge < -0.3 is 19.3 Å². The summed E-state index contributed by atoms with van der Waals surface area (Å²) in [7, 11) is 5.97. The average Bonchev–Trinajstić information content (AvgIpc) is 3.04. The lowest BCUT2D eigenvalue weighted by atomic mass is 10.1. The molecule has 30 heavy (non-hydrogen) atoms. The van der Waals surface area contributed by atoms with Gasteiger partial charge in [-0.05, 0) is 25.7 Å². The van der Waals surface area contributed by atoms with Crippen molar-refractivity contribution in [2.75, 3.05) is 49.9 Å². The summed E-state index contributed by atoms with van der Waals surface area (Å²) in [5.41, 5.74) is 3.55. The summed E-state index contributed by atoms with van der Waals surface area (Å²) in [4.78, 5) is 27.9. The van der Waals surface area contributed by atoms with E-state index in [9.17, 15) is 4.79 Å². The van der Waals surface area contributed by atoms with Gasteiger partial charge in [0.25, 0.3) is 0 Å². The third-order valence-corrected chi connectivity index (χ3v) is 5.89. The molecule has 0 unspecified atom stereocenters. The number of carbonyl (C=O) groups is 1. The van der Waals surface area contributed by atoms with Crippen LogP contribution in [0.4, 0.5) is 11.6 Å². The minimum atomic E-state index is -0.0305. The molecule has 3 aromatic rings. The Hall–Kier alpha value is -2.64. The van der Waals surface area contributed by atoms with Crippen LogP contribution in [-0.4, -0.2) is 71.5 Å². The number of carbonyl (C=O) groups excluding carboxylic acids is 1. The molecule has 2 aromatic heterocycles. The van der Waals surface area contributed by atoms with Crippen molar-refractivity contribution in [2.24, 2.45) is 0 Å². The summed E-state index contributed by atoms with van der Waals surface area (Å²) in [6.45, 7) is 2.57. The largest absolute Gasteiger partial charge is 0.339 e. The van der Waals surface area contributed by atoms with Crippen LogP contribution < -0.4 is 9.80 Å². The molecule has 1 fully saturated rings. The van der Waals surface area contributed by atoms with Gasteiger partial charge in [0.1, 0.15) is 0 Å². The summed E-state index contributed by atoms with van der Waals surface area (Å²) in [5.74, 6) is 1.19. The molecule has 3 heterocycles. The summed E-state index contributed by atoms with van der Waals surface area (Å²) in [5, 5.41) is 0. The third-order valence-electron chi connectivity index (χ3n) is 5.70. The molecule has 0 atom stereocenters. The summed E-state index contributed by atoms with van der Waals surface area (Å²) < 4.78 is 2.20. The van der Waals surface area contributed by atoms with Crippen molar-refractivity contribution in [1.82, 2.24) is 19.4 Å². The van der Waals surface area contributed by atoms with Crippen molar-refractivity contribution in [3.8, 4) is 0 Å². The molecule has 0 saturated carbocycles. The first-order chi connectivity index (χ1) is 14.5. The molecule has 0 aliphatic carbocycles. The first-order valence-electron chi connectivity index (χ1n) is 10.1. The van der Waals surface area contributed by atoms with Crippen LogP contribution in [0.1, 0.15) is 12.0 Å². The van der Waals surface area contributed by atoms with Gasteiger partial charge in [0, 0.05) is 38.5 Å². The number of hydrogen-bond acceptors (Lipinski definition) is 5. The molecule has 1 amide bonds. The van der Waals surface area contributed by atoms with Crippen LogP contribution >= 0.6 is 11.6 Å². The van der Waals surface area contributed by atoms with E-state index in [-0.39, 0.29) is 5.91 Å². The summed E-state index contributed by atoms with van der Waals surface area (Å²) in [6, 6.07) is 12.9. The highest BCUT2D eigenvalue weighted by atomic mass is 35.5. The first-order valence-corrected chi connectivity index (χ1v) is 10.7. The minimum Gasteiger partial charge on any atom is -0.339 e. The standard InChI is InChI=1S/C22H27ClN6O/c1-26(2)18-14-28(15-18)22-25-21-19(29(22)13-16-7-5-4-6-8-16)11-17(12-24-21)27(3)20(30)9-10-23/h4-8,11-12,18H,9-10,13-15H2,1-3H3. The van der Waals surface area contributed by atoms with E-state index >= 15 is 0 Å². The number of aromatic nitrogens is 3. The number of halogens is 1. The highest BCUT2D eigenvalue weighted by Crippen LogP contribution is 2.29. The Kier molecular flexibility index (Phi) is 5.92. The molecule has 8 heteroatoms. The first kappa shape index (κ1) is 20.6. The highest BCUT2D eigenvalue weighted by molar-refractivity contribution is 6.19. The quantitative estimate of drug-likeness (QED) is 0.544. The SMILES string of the molecule is CN(C(=O)CCCl)c1cnc2nc(N3CC(N(C)C)C3)n(Cc3ccccc3)c2c1. The maximum Gasteiger partial charge on any atom is 0.227 e. The predicted molar refractivity (Wildman–Crippen MR) is 122 cm³/mol. The van der Waals surface area contributed by atoms with E-state index in [2.05, 4.69) is 45.6 Å². The predicted octanol–water partition coefficient (Wildman–Crippen LogP) is 2.82. The van der Waals surface area contributed by atoms with Crippen molar-refractivity contribution in [1.29, 1.82) is 0 Å². The van der Waals surface area contributed by atoms with Gasteiger partial charge in [0.05, 0.1) is 23.9 Å². The lowest BCUT2D eigenvalue weighted by Gasteiger charge is -2.43. The number of alkyl halides is 1. The van der Waals surface area contributed by atoms with Crippen LogP contribution in [0.3, 0.4) is 0 Å². The molecule has 0 N–H and O–H groups in total. The number of amides is 1. The zero-order chi connectivity index (χ0) is 21.3. The second-order valence-corrected chi connectivity index (χ2v) is 8.31. The molecule has 1 aromatic carbocycles. The number of imidazole rings is 1. The van der Waals surface area contributed by atoms with Crippen LogP contribution in [0.2, 0.25) is 0 Å². The van der Waals surface area contributed by atoms with Crippen LogP contribution in [0.15, 0.2) is 42.6 Å². The highest BCUT2D eigenvalue weighted by Gasteiger charge is 2.32. The van der Waals surface area contributed by atoms with E-state index in [0.29, 0.717) is 30.5 Å². The molecule has 1 saturated heterocycles. The molecule has 1 aliphatic rings. The fourth-order valence-electron chi connectivity index (χ4n) is 3.67. The molecule has 1 aliphatic heterocycles. The number of benzene rings is 1. The van der Waals surface area contributed by atoms with Gasteiger partial charge in [-0.3, -0.25) is 4.79 Å². The fraction of sp³-hybridized carbons (Fsp3) is 0.409. The van der Waals surface area contributed by atoms with Crippen LogP contribution in [-0.2, 0) is 11.3 Å². The van der Waals surface area contributed by atoms with Crippen LogP contribution in [0, 0.1) is 0 Å². The zero-order valence-electron chi connectivity index (χ0n) is 17.6. The Morgan fingerprint density at radius 2 is 1.93 bits per heavy atom. The molecule has 0 bridgehead atoms.